The lowest BCUT2D eigenvalue weighted by Crippen LogP contribution is -2.05. The van der Waals surface area contributed by atoms with E-state index >= 15 is 0 Å². The van der Waals surface area contributed by atoms with E-state index in [-0.39, 0.29) is 13.2 Å². The molecular formula is C6H8O3. The summed E-state index contributed by atoms with van der Waals surface area (Å²) in [6, 6.07) is 0. The van der Waals surface area contributed by atoms with Gasteiger partial charge in [0.1, 0.15) is 6.61 Å². The van der Waals surface area contributed by atoms with Crippen LogP contribution >= 0.6 is 0 Å². The maximum atomic E-state index is 10.3. The molecule has 9 heavy (non-hydrogen) atoms. The summed E-state index contributed by atoms with van der Waals surface area (Å²) in [5.41, 5.74) is 0. The van der Waals surface area contributed by atoms with Gasteiger partial charge in [-0.3, -0.25) is 0 Å². The van der Waals surface area contributed by atoms with Crippen molar-refractivity contribution in [3.63, 3.8) is 0 Å². The van der Waals surface area contributed by atoms with Crippen molar-refractivity contribution in [1.82, 2.24) is 0 Å². The largest absolute Gasteiger partial charge is 0.454 e. The summed E-state index contributed by atoms with van der Waals surface area (Å²) >= 11 is 0. The highest BCUT2D eigenvalue weighted by molar-refractivity contribution is 5.88. The van der Waals surface area contributed by atoms with Gasteiger partial charge in [0.05, 0.1) is 6.61 Å². The molecule has 0 saturated carbocycles. The van der Waals surface area contributed by atoms with Crippen LogP contribution in [0.25, 0.3) is 0 Å². The van der Waals surface area contributed by atoms with E-state index in [1.807, 2.05) is 0 Å². The summed E-state index contributed by atoms with van der Waals surface area (Å²) in [4.78, 5) is 10.3. The summed E-state index contributed by atoms with van der Waals surface area (Å²) in [7, 11) is 0. The van der Waals surface area contributed by atoms with Crippen molar-refractivity contribution in [3.8, 4) is 11.8 Å². The third-order valence-electron chi connectivity index (χ3n) is 0.552. The number of hydrogen-bond donors (Lipinski definition) is 1. The molecule has 3 heteroatoms. The number of aliphatic hydroxyl groups is 1. The van der Waals surface area contributed by atoms with E-state index in [9.17, 15) is 4.79 Å². The van der Waals surface area contributed by atoms with Crippen molar-refractivity contribution >= 4 is 5.97 Å². The molecule has 0 spiro atoms. The van der Waals surface area contributed by atoms with Crippen LogP contribution in [0, 0.1) is 11.8 Å². The van der Waals surface area contributed by atoms with Gasteiger partial charge in [0, 0.05) is 5.92 Å². The number of esters is 1. The zero-order valence-electron chi connectivity index (χ0n) is 5.18. The monoisotopic (exact) mass is 128 g/mol. The van der Waals surface area contributed by atoms with Crippen LogP contribution in [0.3, 0.4) is 0 Å². The minimum Gasteiger partial charge on any atom is -0.454 e. The average Bonchev–Trinajstić information content (AvgIpc) is 1.85. The van der Waals surface area contributed by atoms with Crippen LogP contribution in [0.5, 0.6) is 0 Å². The highest BCUT2D eigenvalue weighted by atomic mass is 16.5. The molecule has 0 aromatic carbocycles. The molecule has 0 rings (SSSR count). The van der Waals surface area contributed by atoms with Crippen molar-refractivity contribution in [1.29, 1.82) is 0 Å². The van der Waals surface area contributed by atoms with Crippen LogP contribution in [0.1, 0.15) is 6.92 Å². The summed E-state index contributed by atoms with van der Waals surface area (Å²) < 4.78 is 4.37. The van der Waals surface area contributed by atoms with Gasteiger partial charge in [-0.2, -0.15) is 0 Å². The van der Waals surface area contributed by atoms with Crippen LogP contribution in [0.2, 0.25) is 0 Å². The highest BCUT2D eigenvalue weighted by Gasteiger charge is 1.91. The number of rotatable bonds is 2. The fourth-order valence-corrected chi connectivity index (χ4v) is 0.276. The summed E-state index contributed by atoms with van der Waals surface area (Å²) in [6.07, 6.45) is 0. The third kappa shape index (κ3) is 4.85. The predicted octanol–water partition coefficient (Wildman–Crippen LogP) is -0.455. The molecule has 0 heterocycles. The van der Waals surface area contributed by atoms with E-state index in [0.717, 1.165) is 0 Å². The Balaban J connectivity index is 3.35. The van der Waals surface area contributed by atoms with E-state index in [0.29, 0.717) is 0 Å². The second-order valence-corrected chi connectivity index (χ2v) is 1.23. The first-order valence-electron chi connectivity index (χ1n) is 2.51. The normalized spacial score (nSPS) is 7.33. The standard InChI is InChI=1S/C6H8O3/c1-2-3-6(8)9-5-4-7/h7H,4-5H2,1H3. The number of carbonyl (C=O) groups is 1. The van der Waals surface area contributed by atoms with Gasteiger partial charge >= 0.3 is 5.97 Å². The second kappa shape index (κ2) is 5.13. The minimum absolute atomic E-state index is 0.0213. The summed E-state index contributed by atoms with van der Waals surface area (Å²) in [5.74, 6) is 3.94. The van der Waals surface area contributed by atoms with E-state index < -0.39 is 5.97 Å². The maximum Gasteiger partial charge on any atom is 0.384 e. The van der Waals surface area contributed by atoms with Crippen LogP contribution in [0.15, 0.2) is 0 Å². The Labute approximate surface area is 53.6 Å². The van der Waals surface area contributed by atoms with E-state index in [2.05, 4.69) is 16.6 Å². The maximum absolute atomic E-state index is 10.3. The SMILES string of the molecule is CC#CC(=O)OCCO. The summed E-state index contributed by atoms with van der Waals surface area (Å²) in [5, 5.41) is 8.16. The molecule has 0 fully saturated rings. The molecule has 3 nitrogen and oxygen atoms in total. The lowest BCUT2D eigenvalue weighted by molar-refractivity contribution is -0.137. The van der Waals surface area contributed by atoms with Gasteiger partial charge < -0.3 is 9.84 Å². The molecule has 0 bridgehead atoms. The Hall–Kier alpha value is -1.01. The van der Waals surface area contributed by atoms with Crippen LogP contribution in [0.4, 0.5) is 0 Å². The van der Waals surface area contributed by atoms with Crippen LogP contribution in [-0.4, -0.2) is 24.3 Å². The molecule has 0 amide bonds. The van der Waals surface area contributed by atoms with Crippen molar-refractivity contribution in [2.45, 2.75) is 6.92 Å². The fraction of sp³-hybridized carbons (Fsp3) is 0.500. The smallest absolute Gasteiger partial charge is 0.384 e. The molecule has 0 unspecified atom stereocenters. The average molecular weight is 128 g/mol. The molecule has 0 aliphatic heterocycles. The topological polar surface area (TPSA) is 46.5 Å². The Morgan fingerprint density at radius 2 is 2.44 bits per heavy atom. The van der Waals surface area contributed by atoms with Gasteiger partial charge in [-0.25, -0.2) is 4.79 Å². The number of hydrogen-bond acceptors (Lipinski definition) is 3. The predicted molar refractivity (Wildman–Crippen MR) is 31.5 cm³/mol. The Bertz CT molecular complexity index is 140. The molecule has 0 atom stereocenters. The Kier molecular flexibility index (Phi) is 4.56. The van der Waals surface area contributed by atoms with Gasteiger partial charge in [-0.1, -0.05) is 5.92 Å². The van der Waals surface area contributed by atoms with Crippen molar-refractivity contribution in [2.24, 2.45) is 0 Å². The Morgan fingerprint density at radius 3 is 2.89 bits per heavy atom. The lowest BCUT2D eigenvalue weighted by Gasteiger charge is -1.92. The summed E-state index contributed by atoms with van der Waals surface area (Å²) in [6.45, 7) is 1.41. The number of aliphatic hydroxyl groups excluding tert-OH is 1. The van der Waals surface area contributed by atoms with Crippen molar-refractivity contribution < 1.29 is 14.6 Å². The van der Waals surface area contributed by atoms with Gasteiger partial charge in [0.25, 0.3) is 0 Å². The minimum atomic E-state index is -0.591. The molecule has 0 saturated heterocycles. The van der Waals surface area contributed by atoms with Gasteiger partial charge in [0.2, 0.25) is 0 Å². The first kappa shape index (κ1) is 7.99. The first-order valence-corrected chi connectivity index (χ1v) is 2.51. The zero-order chi connectivity index (χ0) is 7.11. The quantitative estimate of drug-likeness (QED) is 0.311. The van der Waals surface area contributed by atoms with E-state index in [4.69, 9.17) is 5.11 Å². The van der Waals surface area contributed by atoms with E-state index in [1.165, 1.54) is 0 Å². The molecule has 0 aromatic heterocycles. The molecule has 0 radical (unpaired) electrons. The molecule has 50 valence electrons. The molecule has 1 N–H and O–H groups in total. The lowest BCUT2D eigenvalue weighted by atomic mass is 10.6. The van der Waals surface area contributed by atoms with Crippen molar-refractivity contribution in [3.05, 3.63) is 0 Å². The fourth-order valence-electron chi connectivity index (χ4n) is 0.276. The molecule has 0 aliphatic rings. The molecular weight excluding hydrogens is 120 g/mol. The first-order chi connectivity index (χ1) is 4.31. The van der Waals surface area contributed by atoms with Gasteiger partial charge in [0.15, 0.2) is 0 Å². The molecule has 0 aliphatic carbocycles. The van der Waals surface area contributed by atoms with Gasteiger partial charge in [-0.15, -0.1) is 0 Å². The zero-order valence-corrected chi connectivity index (χ0v) is 5.18. The number of carbonyl (C=O) groups excluding carboxylic acids is 1. The second-order valence-electron chi connectivity index (χ2n) is 1.23. The van der Waals surface area contributed by atoms with Crippen LogP contribution in [-0.2, 0) is 9.53 Å². The number of ether oxygens (including phenoxy) is 1. The third-order valence-corrected chi connectivity index (χ3v) is 0.552. The van der Waals surface area contributed by atoms with Crippen molar-refractivity contribution in [2.75, 3.05) is 13.2 Å². The highest BCUT2D eigenvalue weighted by Crippen LogP contribution is 1.73. The van der Waals surface area contributed by atoms with E-state index in [1.54, 1.807) is 6.92 Å². The van der Waals surface area contributed by atoms with Gasteiger partial charge in [-0.05, 0) is 6.92 Å². The Morgan fingerprint density at radius 1 is 1.78 bits per heavy atom. The van der Waals surface area contributed by atoms with Crippen LogP contribution < -0.4 is 0 Å². The molecule has 0 aromatic rings.